The Kier molecular flexibility index (Phi) is 12.7. The maximum Gasteiger partial charge on any atom is 0.237 e. The molecule has 302 valence electrons. The number of amides is 3. The molecule has 3 fully saturated rings. The van der Waals surface area contributed by atoms with Crippen LogP contribution in [-0.2, 0) is 29.2 Å². The number of sulfonamides is 1. The summed E-state index contributed by atoms with van der Waals surface area (Å²) in [5.74, 6) is -1.86. The fourth-order valence-corrected chi connectivity index (χ4v) is 9.29. The van der Waals surface area contributed by atoms with Crippen molar-refractivity contribution in [2.45, 2.75) is 109 Å². The molecule has 2 aliphatic heterocycles. The van der Waals surface area contributed by atoms with Gasteiger partial charge in [0.15, 0.2) is 5.78 Å². The number of ether oxygens (including phenoxy) is 2. The van der Waals surface area contributed by atoms with Gasteiger partial charge in [-0.25, -0.2) is 13.4 Å². The number of piperidine rings is 1. The lowest BCUT2D eigenvalue weighted by Crippen LogP contribution is -2.49. The van der Waals surface area contributed by atoms with E-state index in [1.54, 1.807) is 12.0 Å². The van der Waals surface area contributed by atoms with E-state index < -0.39 is 50.6 Å². The molecule has 56 heavy (non-hydrogen) atoms. The monoisotopic (exact) mass is 788 g/mol. The fraction of sp³-hybridized carbons (Fsp3) is 0.558. The smallest absolute Gasteiger partial charge is 0.237 e. The van der Waals surface area contributed by atoms with Gasteiger partial charge >= 0.3 is 0 Å². The van der Waals surface area contributed by atoms with Crippen molar-refractivity contribution in [1.29, 1.82) is 0 Å². The number of fused-ring (bicyclic) bond motifs is 1. The number of likely N-dealkylation sites (tertiary alicyclic amines) is 2. The highest BCUT2D eigenvalue weighted by Gasteiger charge is 2.47. The number of ketones is 1. The molecule has 0 unspecified atom stereocenters. The molecular formula is C43H56N4O8S. The summed E-state index contributed by atoms with van der Waals surface area (Å²) in [6.07, 6.45) is 4.13. The van der Waals surface area contributed by atoms with Gasteiger partial charge in [-0.3, -0.25) is 23.9 Å². The minimum Gasteiger partial charge on any atom is -0.497 e. The minimum atomic E-state index is -3.81. The third kappa shape index (κ3) is 9.70. The van der Waals surface area contributed by atoms with Gasteiger partial charge in [-0.15, -0.1) is 0 Å². The van der Waals surface area contributed by atoms with E-state index in [-0.39, 0.29) is 43.4 Å². The molecule has 1 N–H and O–H groups in total. The zero-order valence-corrected chi connectivity index (χ0v) is 34.1. The number of pyridine rings is 1. The number of nitrogens with zero attached hydrogens (tertiary/aromatic N) is 3. The van der Waals surface area contributed by atoms with Gasteiger partial charge in [-0.2, -0.15) is 0 Å². The second-order valence-corrected chi connectivity index (χ2v) is 18.6. The Morgan fingerprint density at radius 2 is 1.68 bits per heavy atom. The number of hydrogen-bond donors (Lipinski definition) is 1. The maximum absolute atomic E-state index is 14.8. The van der Waals surface area contributed by atoms with E-state index in [0.717, 1.165) is 30.2 Å². The first kappa shape index (κ1) is 41.1. The molecule has 2 saturated heterocycles. The summed E-state index contributed by atoms with van der Waals surface area (Å²) in [6, 6.07) is 16.2. The minimum absolute atomic E-state index is 0.0163. The lowest BCUT2D eigenvalue weighted by Gasteiger charge is -2.36. The van der Waals surface area contributed by atoms with Gasteiger partial charge in [0.1, 0.15) is 17.6 Å². The second-order valence-electron chi connectivity index (χ2n) is 16.7. The summed E-state index contributed by atoms with van der Waals surface area (Å²) in [5, 5.41) is 0.148. The van der Waals surface area contributed by atoms with E-state index in [1.165, 1.54) is 0 Å². The summed E-state index contributed by atoms with van der Waals surface area (Å²) < 4.78 is 39.9. The van der Waals surface area contributed by atoms with Crippen LogP contribution >= 0.6 is 0 Å². The first-order valence-corrected chi connectivity index (χ1v) is 21.6. The summed E-state index contributed by atoms with van der Waals surface area (Å²) in [7, 11) is -2.22. The third-order valence-corrected chi connectivity index (χ3v) is 13.2. The SMILES string of the molecule is CCC[C@H](CC(=O)[C@@H]1C[C@@H](Oc2cc(-c3ccccc3)nc3cc(OC)ccc23)CN1C(=O)[C@@H](CC(=O)N1CCCCC1)C(C)(C)C)C(=O)NS(=O)(=O)C1CC1. The van der Waals surface area contributed by atoms with Crippen LogP contribution in [0.1, 0.15) is 91.9 Å². The quantitative estimate of drug-likeness (QED) is 0.187. The number of rotatable bonds is 15. The Hall–Kier alpha value is -4.52. The van der Waals surface area contributed by atoms with Crippen LogP contribution in [0.15, 0.2) is 54.6 Å². The number of nitrogens with one attached hydrogen (secondary N) is 1. The lowest BCUT2D eigenvalue weighted by atomic mass is 9.77. The predicted molar refractivity (Wildman–Crippen MR) is 214 cm³/mol. The van der Waals surface area contributed by atoms with Gasteiger partial charge in [0.25, 0.3) is 0 Å². The van der Waals surface area contributed by atoms with Crippen molar-refractivity contribution in [2.24, 2.45) is 17.3 Å². The molecule has 1 saturated carbocycles. The summed E-state index contributed by atoms with van der Waals surface area (Å²) >= 11 is 0. The number of carbonyl (C=O) groups is 4. The van der Waals surface area contributed by atoms with E-state index in [2.05, 4.69) is 4.72 Å². The van der Waals surface area contributed by atoms with Gasteiger partial charge in [-0.05, 0) is 56.1 Å². The Morgan fingerprint density at radius 1 is 0.964 bits per heavy atom. The number of Topliss-reactive ketones (excluding diaryl/α,β-unsaturated/α-hetero) is 1. The molecule has 3 aliphatic rings. The molecule has 13 heteroatoms. The molecule has 4 atom stereocenters. The van der Waals surface area contributed by atoms with Gasteiger partial charge in [0.05, 0.1) is 42.1 Å². The molecule has 0 spiro atoms. The first-order chi connectivity index (χ1) is 26.7. The summed E-state index contributed by atoms with van der Waals surface area (Å²) in [6.45, 7) is 9.10. The van der Waals surface area contributed by atoms with Crippen LogP contribution in [-0.4, -0.2) is 90.8 Å². The molecule has 1 aromatic heterocycles. The van der Waals surface area contributed by atoms with Crippen LogP contribution in [0.4, 0.5) is 0 Å². The van der Waals surface area contributed by atoms with E-state index >= 15 is 0 Å². The highest BCUT2D eigenvalue weighted by Crippen LogP contribution is 2.38. The highest BCUT2D eigenvalue weighted by molar-refractivity contribution is 7.90. The van der Waals surface area contributed by atoms with Crippen LogP contribution in [0.3, 0.4) is 0 Å². The maximum atomic E-state index is 14.8. The Bertz CT molecular complexity index is 2020. The zero-order chi connectivity index (χ0) is 40.2. The second kappa shape index (κ2) is 17.3. The number of carbonyl (C=O) groups excluding carboxylic acids is 4. The van der Waals surface area contributed by atoms with Crippen molar-refractivity contribution in [3.8, 4) is 22.8 Å². The molecule has 12 nitrogen and oxygen atoms in total. The number of hydrogen-bond acceptors (Lipinski definition) is 9. The van der Waals surface area contributed by atoms with Crippen molar-refractivity contribution in [1.82, 2.24) is 19.5 Å². The highest BCUT2D eigenvalue weighted by atomic mass is 32.2. The van der Waals surface area contributed by atoms with Gasteiger partial charge < -0.3 is 19.3 Å². The van der Waals surface area contributed by atoms with Crippen molar-refractivity contribution >= 4 is 44.4 Å². The third-order valence-electron chi connectivity index (χ3n) is 11.4. The van der Waals surface area contributed by atoms with Crippen LogP contribution < -0.4 is 14.2 Å². The Morgan fingerprint density at radius 3 is 2.32 bits per heavy atom. The zero-order valence-electron chi connectivity index (χ0n) is 33.3. The predicted octanol–water partition coefficient (Wildman–Crippen LogP) is 6.31. The van der Waals surface area contributed by atoms with Crippen LogP contribution in [0.2, 0.25) is 0 Å². The number of aromatic nitrogens is 1. The molecular weight excluding hydrogens is 733 g/mol. The van der Waals surface area contributed by atoms with Crippen molar-refractivity contribution < 1.29 is 37.1 Å². The lowest BCUT2D eigenvalue weighted by molar-refractivity contribution is -0.148. The first-order valence-electron chi connectivity index (χ1n) is 20.1. The fourth-order valence-electron chi connectivity index (χ4n) is 7.92. The van der Waals surface area contributed by atoms with Crippen molar-refractivity contribution in [3.05, 3.63) is 54.6 Å². The molecule has 6 rings (SSSR count). The molecule has 2 aromatic carbocycles. The largest absolute Gasteiger partial charge is 0.497 e. The molecule has 0 bridgehead atoms. The summed E-state index contributed by atoms with van der Waals surface area (Å²) in [4.78, 5) is 64.6. The molecule has 1 aliphatic carbocycles. The van der Waals surface area contributed by atoms with Crippen molar-refractivity contribution in [2.75, 3.05) is 26.7 Å². The van der Waals surface area contributed by atoms with Crippen LogP contribution in [0, 0.1) is 17.3 Å². The molecule has 3 amide bonds. The number of methoxy groups -OCH3 is 1. The average molecular weight is 789 g/mol. The van der Waals surface area contributed by atoms with E-state index in [0.29, 0.717) is 61.5 Å². The van der Waals surface area contributed by atoms with Crippen molar-refractivity contribution in [3.63, 3.8) is 0 Å². The standard InChI is InChI=1S/C43H56N4O8S/c1-6-13-29(41(50)45-56(52,53)32-17-18-32)22-38(48)37-24-31(27-47(37)42(51)34(43(2,3)4)25-40(49)46-20-11-8-12-21-46)55-39-26-35(28-14-9-7-10-15-28)44-36-23-30(54-5)16-19-33(36)39/h7,9-10,14-16,19,23,26,29,31-32,34,37H,6,8,11-13,17-18,20-22,24-25,27H2,1-5H3,(H,45,50)/t29-,31-,34-,37+/m1/s1. The van der Waals surface area contributed by atoms with Gasteiger partial charge in [-0.1, -0.05) is 64.4 Å². The molecule has 3 aromatic rings. The van der Waals surface area contributed by atoms with Gasteiger partial charge in [0, 0.05) is 61.4 Å². The van der Waals surface area contributed by atoms with E-state index in [9.17, 15) is 27.6 Å². The van der Waals surface area contributed by atoms with Gasteiger partial charge in [0.2, 0.25) is 27.7 Å². The molecule has 0 radical (unpaired) electrons. The Balaban J connectivity index is 1.32. The van der Waals surface area contributed by atoms with E-state index in [4.69, 9.17) is 14.5 Å². The summed E-state index contributed by atoms with van der Waals surface area (Å²) in [5.41, 5.74) is 1.60. The van der Waals surface area contributed by atoms with Crippen LogP contribution in [0.25, 0.3) is 22.2 Å². The van der Waals surface area contributed by atoms with Crippen LogP contribution in [0.5, 0.6) is 11.5 Å². The number of benzene rings is 2. The normalized spacial score (nSPS) is 20.0. The molecule has 3 heterocycles. The average Bonchev–Trinajstić information content (AvgIpc) is 3.97. The Labute approximate surface area is 330 Å². The van der Waals surface area contributed by atoms with E-state index in [1.807, 2.05) is 87.2 Å². The topological polar surface area (TPSA) is 152 Å².